The molecule has 60 heavy (non-hydrogen) atoms. The van der Waals surface area contributed by atoms with E-state index in [1.165, 1.54) is 26.9 Å². The highest BCUT2D eigenvalue weighted by Gasteiger charge is 2.50. The van der Waals surface area contributed by atoms with Crippen LogP contribution >= 0.6 is 0 Å². The number of hydrogen-bond acceptors (Lipinski definition) is 14. The van der Waals surface area contributed by atoms with Gasteiger partial charge in [-0.3, -0.25) is 0 Å². The molecule has 5 atom stereocenters. The molecule has 320 valence electrons. The number of likely N-dealkylation sites (N-methyl/N-ethyl adjacent to an activating group) is 1. The van der Waals surface area contributed by atoms with Crippen LogP contribution in [0.2, 0.25) is 0 Å². The van der Waals surface area contributed by atoms with Crippen LogP contribution in [0.25, 0.3) is 0 Å². The van der Waals surface area contributed by atoms with Crippen molar-refractivity contribution in [2.75, 3.05) is 62.2 Å². The normalized spacial score (nSPS) is 23.2. The summed E-state index contributed by atoms with van der Waals surface area (Å²) in [5.41, 5.74) is 8.24. The number of cyclic esters (lactones) is 2. The fourth-order valence-electron chi connectivity index (χ4n) is 9.49. The van der Waals surface area contributed by atoms with Gasteiger partial charge in [-0.05, 0) is 67.8 Å². The van der Waals surface area contributed by atoms with Gasteiger partial charge in [-0.15, -0.1) is 0 Å². The van der Waals surface area contributed by atoms with E-state index in [0.29, 0.717) is 64.2 Å². The molecule has 6 heterocycles. The lowest BCUT2D eigenvalue weighted by molar-refractivity contribution is -0.899. The Morgan fingerprint density at radius 2 is 1.18 bits per heavy atom. The predicted octanol–water partition coefficient (Wildman–Crippen LogP) is 4.38. The first-order valence-electron chi connectivity index (χ1n) is 19.1. The molecular weight excluding hydrogens is 784 g/mol. The number of carbonyl (C=O) groups excluding carboxylic acids is 2. The second-order valence-corrected chi connectivity index (χ2v) is 15.1. The number of rotatable bonds is 6. The number of ether oxygens (including phenoxy) is 10. The third-order valence-corrected chi connectivity index (χ3v) is 12.1. The summed E-state index contributed by atoms with van der Waals surface area (Å²) in [7, 11) is 7.69. The number of hydrogen-bond donors (Lipinski definition) is 1. The molecule has 5 unspecified atom stereocenters. The lowest BCUT2D eigenvalue weighted by atomic mass is 9.83. The van der Waals surface area contributed by atoms with Gasteiger partial charge in [0.25, 0.3) is 0 Å². The summed E-state index contributed by atoms with van der Waals surface area (Å²) in [6.07, 6.45) is 0.291. The van der Waals surface area contributed by atoms with Crippen molar-refractivity contribution in [2.24, 2.45) is 0 Å². The van der Waals surface area contributed by atoms with Gasteiger partial charge >= 0.3 is 11.9 Å². The van der Waals surface area contributed by atoms with Crippen LogP contribution in [0.5, 0.6) is 46.0 Å². The first-order chi connectivity index (χ1) is 28.0. The fraction of sp³-hybridized carbons (Fsp3) is 0.395. The summed E-state index contributed by atoms with van der Waals surface area (Å²) in [6.45, 7) is 5.50. The molecule has 4 aromatic carbocycles. The van der Waals surface area contributed by atoms with E-state index in [9.17, 15) is 14.8 Å². The zero-order chi connectivity index (χ0) is 40.6. The number of methoxy groups -OCH3 is 4. The average Bonchev–Trinajstić information content (AvgIpc) is 4.03. The Bertz CT molecular complexity index is 2380. The molecule has 0 saturated carbocycles. The van der Waals surface area contributed by atoms with Crippen LogP contribution in [0.4, 0.5) is 0 Å². The van der Waals surface area contributed by atoms with E-state index in [4.69, 9.17) is 47.4 Å². The van der Waals surface area contributed by atoms with Gasteiger partial charge < -0.3 is 73.5 Å². The van der Waals surface area contributed by atoms with E-state index in [1.807, 2.05) is 38.1 Å². The van der Waals surface area contributed by atoms with E-state index in [2.05, 4.69) is 5.32 Å². The monoisotopic (exact) mass is 832 g/mol. The molecule has 10 rings (SSSR count). The minimum atomic E-state index is -0.743. The Morgan fingerprint density at radius 3 is 1.72 bits per heavy atom. The second-order valence-electron chi connectivity index (χ2n) is 15.1. The smallest absolute Gasteiger partial charge is 0.343 e. The summed E-state index contributed by atoms with van der Waals surface area (Å²) in [5.74, 6) is 3.66. The average molecular weight is 833 g/mol. The molecule has 6 aliphatic heterocycles. The molecule has 0 radical (unpaired) electrons. The number of fused-ring (bicyclic) bond motifs is 6. The zero-order valence-corrected chi connectivity index (χ0v) is 34.3. The first kappa shape index (κ1) is 42.2. The van der Waals surface area contributed by atoms with E-state index in [-0.39, 0.29) is 30.6 Å². The van der Waals surface area contributed by atoms with Crippen LogP contribution < -0.4 is 43.2 Å². The van der Waals surface area contributed by atoms with Crippen molar-refractivity contribution in [1.82, 2.24) is 5.32 Å². The lowest BCUT2D eigenvalue weighted by Crippen LogP contribution is -2.49. The SMILES string of the molecule is COc1ccc2c(c1OC)C(=O)OC2C1NCCc2cc3c(c(C)c21)OCO3.COc1ccc2c(c1OC)C(=O)OC2C1c2c(cc3c(c2C)OCO3)CC[N+]1(C)[O-].O.O. The first-order valence-corrected chi connectivity index (χ1v) is 19.1. The molecule has 4 aromatic rings. The minimum Gasteiger partial charge on any atom is -0.632 e. The van der Waals surface area contributed by atoms with Crippen molar-refractivity contribution in [3.63, 3.8) is 0 Å². The molecule has 0 fully saturated rings. The van der Waals surface area contributed by atoms with Gasteiger partial charge in [-0.2, -0.15) is 0 Å². The number of esters is 2. The van der Waals surface area contributed by atoms with Crippen molar-refractivity contribution >= 4 is 11.9 Å². The molecule has 0 aliphatic carbocycles. The number of hydroxylamine groups is 3. The van der Waals surface area contributed by atoms with Crippen molar-refractivity contribution < 1.29 is 72.6 Å². The molecule has 17 heteroatoms. The van der Waals surface area contributed by atoms with Gasteiger partial charge in [0.15, 0.2) is 58.1 Å². The van der Waals surface area contributed by atoms with E-state index in [1.54, 1.807) is 26.3 Å². The van der Waals surface area contributed by atoms with Gasteiger partial charge in [0, 0.05) is 34.2 Å². The van der Waals surface area contributed by atoms with Crippen LogP contribution in [-0.2, 0) is 22.3 Å². The van der Waals surface area contributed by atoms with Crippen LogP contribution in [-0.4, -0.2) is 89.7 Å². The molecule has 5 N–H and O–H groups in total. The van der Waals surface area contributed by atoms with Crippen molar-refractivity contribution in [3.05, 3.63) is 97.2 Å². The topological polar surface area (TPSA) is 225 Å². The highest BCUT2D eigenvalue weighted by Crippen LogP contribution is 2.55. The summed E-state index contributed by atoms with van der Waals surface area (Å²) in [4.78, 5) is 25.6. The van der Waals surface area contributed by atoms with Crippen LogP contribution in [0.3, 0.4) is 0 Å². The molecule has 6 aliphatic rings. The van der Waals surface area contributed by atoms with E-state index >= 15 is 0 Å². The lowest BCUT2D eigenvalue weighted by Gasteiger charge is -2.51. The maximum Gasteiger partial charge on any atom is 0.343 e. The largest absolute Gasteiger partial charge is 0.632 e. The molecule has 0 spiro atoms. The van der Waals surface area contributed by atoms with Crippen LogP contribution in [0.1, 0.15) is 89.5 Å². The Balaban J connectivity index is 0.000000176. The molecule has 0 amide bonds. The van der Waals surface area contributed by atoms with Crippen molar-refractivity contribution in [2.45, 2.75) is 51.0 Å². The zero-order valence-electron chi connectivity index (χ0n) is 34.3. The third-order valence-electron chi connectivity index (χ3n) is 12.1. The van der Waals surface area contributed by atoms with Crippen molar-refractivity contribution in [3.8, 4) is 46.0 Å². The highest BCUT2D eigenvalue weighted by atomic mass is 16.7. The number of nitrogens with one attached hydrogen (secondary N) is 1. The van der Waals surface area contributed by atoms with Crippen LogP contribution in [0.15, 0.2) is 36.4 Å². The van der Waals surface area contributed by atoms with E-state index in [0.717, 1.165) is 57.8 Å². The Kier molecular flexibility index (Phi) is 11.2. The van der Waals surface area contributed by atoms with Gasteiger partial charge in [0.2, 0.25) is 13.6 Å². The maximum atomic E-state index is 13.7. The molecular formula is C43H48N2O15. The summed E-state index contributed by atoms with van der Waals surface area (Å²) in [5, 5.41) is 17.2. The maximum absolute atomic E-state index is 13.7. The highest BCUT2D eigenvalue weighted by molar-refractivity contribution is 5.99. The Labute approximate surface area is 345 Å². The molecule has 0 aromatic heterocycles. The third kappa shape index (κ3) is 6.35. The number of quaternary nitrogens is 1. The molecule has 0 bridgehead atoms. The Hall–Kier alpha value is -5.98. The summed E-state index contributed by atoms with van der Waals surface area (Å²) < 4.78 is 55.1. The number of benzene rings is 4. The van der Waals surface area contributed by atoms with E-state index < -0.39 is 34.8 Å². The van der Waals surface area contributed by atoms with Gasteiger partial charge in [-0.1, -0.05) is 12.1 Å². The second kappa shape index (κ2) is 15.9. The summed E-state index contributed by atoms with van der Waals surface area (Å²) >= 11 is 0. The summed E-state index contributed by atoms with van der Waals surface area (Å²) in [6, 6.07) is 10.4. The molecule has 17 nitrogen and oxygen atoms in total. The molecule has 0 saturated heterocycles. The predicted molar refractivity (Wildman–Crippen MR) is 213 cm³/mol. The quantitative estimate of drug-likeness (QED) is 0.162. The fourth-order valence-corrected chi connectivity index (χ4v) is 9.49. The minimum absolute atomic E-state index is 0. The van der Waals surface area contributed by atoms with Gasteiger partial charge in [-0.25, -0.2) is 9.59 Å². The van der Waals surface area contributed by atoms with Crippen LogP contribution in [0, 0.1) is 19.1 Å². The van der Waals surface area contributed by atoms with Gasteiger partial charge in [0.05, 0.1) is 48.1 Å². The van der Waals surface area contributed by atoms with Gasteiger partial charge in [0.1, 0.15) is 17.2 Å². The number of carbonyl (C=O) groups is 2. The Morgan fingerprint density at radius 1 is 0.683 bits per heavy atom. The van der Waals surface area contributed by atoms with Crippen molar-refractivity contribution in [1.29, 1.82) is 0 Å². The standard InChI is InChI=1S/C22H23NO7.C21H21NO6.2H2O/c1-11-16-12(9-15-19(11)29-10-28-15)7-8-23(2,25)18(16)20-13-5-6-14(26-3)21(27-4)17(13)22(24)30-20;1-10-15-11(8-14-18(10)27-9-26-14)6-7-22-17(15)19-12-4-5-13(24-2)20(25-3)16(12)21(23)28-19;;/h5-6,9,18,20H,7-8,10H2,1-4H3;4-5,8,17,19,22H,6-7,9H2,1-3H3;2*1H2. The number of nitrogens with zero attached hydrogens (tertiary/aromatic N) is 1.